The van der Waals surface area contributed by atoms with Gasteiger partial charge in [0.25, 0.3) is 0 Å². The lowest BCUT2D eigenvalue weighted by Crippen LogP contribution is -2.74. The Balaban J connectivity index is 0.782. The molecular weight excluding hydrogens is 993 g/mol. The molecule has 15 rings (SSSR count). The number of hydrogen-bond acceptors (Lipinski definition) is 0. The molecule has 0 radical (unpaired) electrons. The van der Waals surface area contributed by atoms with Crippen molar-refractivity contribution in [1.82, 2.24) is 9.13 Å². The molecular formula is C78H54N2Si. The molecule has 0 fully saturated rings. The standard InChI is InChI=1S/C78H54N2Si/c1-6-20-55(21-7-1)57-36-41-65(42-37-57)80-77-47-38-62(56-22-8-2-9-23-56)52-73(77)74-54-64(40-49-78(74)80)61-27-19-25-59(51-61)58-24-18-26-60(50-58)63-39-48-76-72(53-63)71-34-16-17-35-75(71)79(76)66-43-45-70(46-44-66)81(67-28-10-3-11-29-67,68-30-12-4-13-31-68)69-32-14-5-15-33-69/h1-54H. The molecule has 0 bridgehead atoms. The fourth-order valence-corrected chi connectivity index (χ4v) is 17.6. The van der Waals surface area contributed by atoms with Crippen LogP contribution < -0.4 is 20.7 Å². The van der Waals surface area contributed by atoms with E-state index in [2.05, 4.69) is 337 Å². The molecule has 0 spiro atoms. The first-order valence-corrected chi connectivity index (χ1v) is 30.0. The number of rotatable bonds is 11. The van der Waals surface area contributed by atoms with Crippen molar-refractivity contribution in [2.45, 2.75) is 0 Å². The fourth-order valence-electron chi connectivity index (χ4n) is 12.8. The van der Waals surface area contributed by atoms with Crippen LogP contribution in [0.2, 0.25) is 0 Å². The number of benzene rings is 13. The molecule has 2 heterocycles. The molecule has 0 aliphatic carbocycles. The second-order valence-electron chi connectivity index (χ2n) is 21.2. The highest BCUT2D eigenvalue weighted by Crippen LogP contribution is 2.40. The van der Waals surface area contributed by atoms with Crippen molar-refractivity contribution in [1.29, 1.82) is 0 Å². The largest absolute Gasteiger partial charge is 0.309 e. The highest BCUT2D eigenvalue weighted by Gasteiger charge is 2.41. The zero-order chi connectivity index (χ0) is 53.7. The van der Waals surface area contributed by atoms with E-state index in [1.165, 1.54) is 120 Å². The smallest absolute Gasteiger partial charge is 0.179 e. The van der Waals surface area contributed by atoms with E-state index in [0.29, 0.717) is 0 Å². The van der Waals surface area contributed by atoms with Gasteiger partial charge < -0.3 is 9.13 Å². The molecule has 0 aliphatic rings. The Labute approximate surface area is 473 Å². The SMILES string of the molecule is c1ccc(-c2ccc(-n3c4ccc(-c5ccccc5)cc4c4cc(-c5cccc(-c6cccc(-c7ccc8c(c7)c7ccccc7n8-c7ccc([Si](c8ccccc8)(c8ccccc8)c8ccccc8)cc7)c6)c5)ccc43)cc2)cc1. The molecule has 13 aromatic carbocycles. The number of hydrogen-bond donors (Lipinski definition) is 0. The van der Waals surface area contributed by atoms with Crippen molar-refractivity contribution in [3.63, 3.8) is 0 Å². The zero-order valence-corrected chi connectivity index (χ0v) is 45.6. The van der Waals surface area contributed by atoms with Crippen LogP contribution in [-0.4, -0.2) is 17.2 Å². The Bertz CT molecular complexity index is 4660. The van der Waals surface area contributed by atoms with E-state index in [1.54, 1.807) is 0 Å². The van der Waals surface area contributed by atoms with Crippen molar-refractivity contribution < 1.29 is 0 Å². The van der Waals surface area contributed by atoms with Crippen molar-refractivity contribution in [2.24, 2.45) is 0 Å². The van der Waals surface area contributed by atoms with E-state index in [9.17, 15) is 0 Å². The quantitative estimate of drug-likeness (QED) is 0.0902. The van der Waals surface area contributed by atoms with Crippen LogP contribution in [0.25, 0.3) is 111 Å². The summed E-state index contributed by atoms with van der Waals surface area (Å²) in [5.41, 5.74) is 19.0. The van der Waals surface area contributed by atoms with Crippen LogP contribution in [0.4, 0.5) is 0 Å². The highest BCUT2D eigenvalue weighted by molar-refractivity contribution is 7.19. The van der Waals surface area contributed by atoms with E-state index in [-0.39, 0.29) is 0 Å². The molecule has 380 valence electrons. The third kappa shape index (κ3) is 8.33. The van der Waals surface area contributed by atoms with Gasteiger partial charge in [-0.05, 0) is 155 Å². The van der Waals surface area contributed by atoms with E-state index in [0.717, 1.165) is 11.4 Å². The third-order valence-corrected chi connectivity index (χ3v) is 21.5. The predicted molar refractivity (Wildman–Crippen MR) is 346 cm³/mol. The number of nitrogens with zero attached hydrogens (tertiary/aromatic N) is 2. The molecule has 0 saturated carbocycles. The van der Waals surface area contributed by atoms with Gasteiger partial charge in [0.2, 0.25) is 0 Å². The second kappa shape index (κ2) is 20.2. The van der Waals surface area contributed by atoms with E-state index in [1.807, 2.05) is 0 Å². The summed E-state index contributed by atoms with van der Waals surface area (Å²) in [6.45, 7) is 0. The van der Waals surface area contributed by atoms with Gasteiger partial charge in [0.1, 0.15) is 0 Å². The molecule has 2 nitrogen and oxygen atoms in total. The maximum absolute atomic E-state index is 2.67. The molecule has 3 heteroatoms. The third-order valence-electron chi connectivity index (χ3n) is 16.7. The monoisotopic (exact) mass is 1050 g/mol. The maximum Gasteiger partial charge on any atom is 0.179 e. The average Bonchev–Trinajstić information content (AvgIpc) is 4.28. The topological polar surface area (TPSA) is 9.86 Å². The Morgan fingerprint density at radius 3 is 0.877 bits per heavy atom. The lowest BCUT2D eigenvalue weighted by molar-refractivity contribution is 1.18. The minimum absolute atomic E-state index is 1.14. The predicted octanol–water partition coefficient (Wildman–Crippen LogP) is 17.6. The molecule has 0 N–H and O–H groups in total. The fraction of sp³-hybridized carbons (Fsp3) is 0. The second-order valence-corrected chi connectivity index (χ2v) is 25.0. The van der Waals surface area contributed by atoms with Crippen molar-refractivity contribution >= 4 is 72.4 Å². The van der Waals surface area contributed by atoms with Gasteiger partial charge in [-0.15, -0.1) is 0 Å². The normalized spacial score (nSPS) is 11.7. The van der Waals surface area contributed by atoms with Crippen molar-refractivity contribution in [3.8, 4) is 67.0 Å². The molecule has 0 atom stereocenters. The summed E-state index contributed by atoms with van der Waals surface area (Å²) in [6, 6.07) is 121. The molecule has 81 heavy (non-hydrogen) atoms. The molecule has 0 unspecified atom stereocenters. The maximum atomic E-state index is 2.44. The average molecular weight is 1050 g/mol. The van der Waals surface area contributed by atoms with Gasteiger partial charge in [0, 0.05) is 32.9 Å². The van der Waals surface area contributed by atoms with Gasteiger partial charge in [-0.2, -0.15) is 0 Å². The van der Waals surface area contributed by atoms with Gasteiger partial charge >= 0.3 is 0 Å². The first-order chi connectivity index (χ1) is 40.2. The summed E-state index contributed by atoms with van der Waals surface area (Å²) in [5.74, 6) is 0. The number of fused-ring (bicyclic) bond motifs is 6. The first kappa shape index (κ1) is 47.9. The summed E-state index contributed by atoms with van der Waals surface area (Å²) in [5, 5.41) is 10.4. The van der Waals surface area contributed by atoms with Crippen LogP contribution in [0.1, 0.15) is 0 Å². The van der Waals surface area contributed by atoms with Gasteiger partial charge in [-0.25, -0.2) is 0 Å². The van der Waals surface area contributed by atoms with Crippen LogP contribution in [0, 0.1) is 0 Å². The molecule has 2 aromatic heterocycles. The van der Waals surface area contributed by atoms with Crippen LogP contribution in [-0.2, 0) is 0 Å². The van der Waals surface area contributed by atoms with Crippen LogP contribution in [0.3, 0.4) is 0 Å². The van der Waals surface area contributed by atoms with E-state index < -0.39 is 8.07 Å². The van der Waals surface area contributed by atoms with Crippen molar-refractivity contribution in [2.75, 3.05) is 0 Å². The van der Waals surface area contributed by atoms with Crippen LogP contribution in [0.15, 0.2) is 328 Å². The summed E-state index contributed by atoms with van der Waals surface area (Å²) in [4.78, 5) is 0. The minimum Gasteiger partial charge on any atom is -0.309 e. The molecule has 0 aliphatic heterocycles. The Kier molecular flexibility index (Phi) is 11.9. The van der Waals surface area contributed by atoms with Crippen LogP contribution >= 0.6 is 0 Å². The summed E-state index contributed by atoms with van der Waals surface area (Å²) >= 11 is 0. The Morgan fingerprint density at radius 2 is 0.444 bits per heavy atom. The number of para-hydroxylation sites is 1. The van der Waals surface area contributed by atoms with Gasteiger partial charge in [-0.3, -0.25) is 0 Å². The van der Waals surface area contributed by atoms with Crippen LogP contribution in [0.5, 0.6) is 0 Å². The van der Waals surface area contributed by atoms with Gasteiger partial charge in [-0.1, -0.05) is 249 Å². The minimum atomic E-state index is -2.67. The molecule has 15 aromatic rings. The first-order valence-electron chi connectivity index (χ1n) is 28.0. The van der Waals surface area contributed by atoms with E-state index >= 15 is 0 Å². The Hall–Kier alpha value is -10.3. The lowest BCUT2D eigenvalue weighted by atomic mass is 9.95. The zero-order valence-electron chi connectivity index (χ0n) is 44.6. The molecule has 0 saturated heterocycles. The van der Waals surface area contributed by atoms with Gasteiger partial charge in [0.05, 0.1) is 22.1 Å². The lowest BCUT2D eigenvalue weighted by Gasteiger charge is -2.34. The highest BCUT2D eigenvalue weighted by atomic mass is 28.3. The van der Waals surface area contributed by atoms with E-state index in [4.69, 9.17) is 0 Å². The Morgan fingerprint density at radius 1 is 0.173 bits per heavy atom. The number of aromatic nitrogens is 2. The summed E-state index contributed by atoms with van der Waals surface area (Å²) in [6.07, 6.45) is 0. The van der Waals surface area contributed by atoms with Crippen molar-refractivity contribution in [3.05, 3.63) is 328 Å². The summed E-state index contributed by atoms with van der Waals surface area (Å²) < 4.78 is 4.86. The van der Waals surface area contributed by atoms with Gasteiger partial charge in [0.15, 0.2) is 8.07 Å². The summed E-state index contributed by atoms with van der Waals surface area (Å²) in [7, 11) is -2.67. The molecule has 0 amide bonds.